The maximum atomic E-state index is 14.4. The molecule has 5 rings (SSSR count). The van der Waals surface area contributed by atoms with Crippen molar-refractivity contribution < 1.29 is 27.9 Å². The number of fused-ring (bicyclic) bond motifs is 1. The second kappa shape index (κ2) is 10.3. The molecule has 6 nitrogen and oxygen atoms in total. The number of rotatable bonds is 5. The summed E-state index contributed by atoms with van der Waals surface area (Å²) in [7, 11) is 0. The van der Waals surface area contributed by atoms with E-state index in [1.54, 1.807) is 18.2 Å². The van der Waals surface area contributed by atoms with Gasteiger partial charge in [-0.3, -0.25) is 9.59 Å². The van der Waals surface area contributed by atoms with Crippen LogP contribution >= 0.6 is 15.9 Å². The van der Waals surface area contributed by atoms with Gasteiger partial charge in [-0.25, -0.2) is 0 Å². The van der Waals surface area contributed by atoms with Crippen molar-refractivity contribution in [3.8, 4) is 0 Å². The fourth-order valence-electron chi connectivity index (χ4n) is 6.12. The number of benzene rings is 1. The molecule has 204 valence electrons. The normalized spacial score (nSPS) is 25.5. The highest BCUT2D eigenvalue weighted by molar-refractivity contribution is 9.10. The zero-order valence-electron chi connectivity index (χ0n) is 21.2. The predicted molar refractivity (Wildman–Crippen MR) is 143 cm³/mol. The Bertz CT molecular complexity index is 1290. The number of amides is 1. The molecule has 0 spiro atoms. The van der Waals surface area contributed by atoms with Crippen LogP contribution in [0.5, 0.6) is 0 Å². The van der Waals surface area contributed by atoms with Crippen LogP contribution in [-0.4, -0.2) is 51.9 Å². The molecule has 1 amide bonds. The first-order valence-corrected chi connectivity index (χ1v) is 13.9. The Morgan fingerprint density at radius 3 is 2.55 bits per heavy atom. The van der Waals surface area contributed by atoms with Crippen LogP contribution in [0.4, 0.5) is 18.9 Å². The molecule has 1 aromatic heterocycles. The van der Waals surface area contributed by atoms with Crippen molar-refractivity contribution in [3.63, 3.8) is 0 Å². The second-order valence-corrected chi connectivity index (χ2v) is 11.7. The van der Waals surface area contributed by atoms with Gasteiger partial charge in [-0.2, -0.15) is 13.2 Å². The minimum absolute atomic E-state index is 0.0903. The van der Waals surface area contributed by atoms with E-state index in [2.05, 4.69) is 31.1 Å². The topological polar surface area (TPSA) is 85.4 Å². The van der Waals surface area contributed by atoms with Gasteiger partial charge >= 0.3 is 6.18 Å². The number of carbonyl (C=O) groups is 2. The number of β-amino-alcohol motifs (C(OH)–C–C–N with tert-alkyl or cyclic N) is 1. The molecule has 2 fully saturated rings. The van der Waals surface area contributed by atoms with E-state index in [1.165, 1.54) is 19.4 Å². The van der Waals surface area contributed by atoms with Crippen molar-refractivity contribution in [2.45, 2.75) is 63.6 Å². The van der Waals surface area contributed by atoms with Gasteiger partial charge in [-0.1, -0.05) is 22.4 Å². The third-order valence-corrected chi connectivity index (χ3v) is 8.55. The first kappa shape index (κ1) is 27.1. The van der Waals surface area contributed by atoms with Gasteiger partial charge in [0, 0.05) is 33.9 Å². The minimum atomic E-state index is -4.80. The number of aryl methyl sites for hydroxylation is 1. The van der Waals surface area contributed by atoms with Crippen LogP contribution in [-0.2, 0) is 11.0 Å². The van der Waals surface area contributed by atoms with Crippen molar-refractivity contribution in [1.82, 2.24) is 9.88 Å². The lowest BCUT2D eigenvalue weighted by Crippen LogP contribution is -2.47. The second-order valence-electron chi connectivity index (χ2n) is 10.8. The molecule has 2 aromatic rings. The summed E-state index contributed by atoms with van der Waals surface area (Å²) in [5.41, 5.74) is -1.44. The van der Waals surface area contributed by atoms with E-state index in [9.17, 15) is 27.9 Å². The lowest BCUT2D eigenvalue weighted by molar-refractivity contribution is -0.138. The number of alkyl halides is 3. The van der Waals surface area contributed by atoms with E-state index in [0.29, 0.717) is 48.0 Å². The molecule has 0 radical (unpaired) electrons. The summed E-state index contributed by atoms with van der Waals surface area (Å²) in [4.78, 5) is 31.1. The van der Waals surface area contributed by atoms with Crippen molar-refractivity contribution in [3.05, 3.63) is 50.8 Å². The van der Waals surface area contributed by atoms with Gasteiger partial charge in [0.15, 0.2) is 5.78 Å². The minimum Gasteiger partial charge on any atom is -0.389 e. The van der Waals surface area contributed by atoms with Gasteiger partial charge in [0.25, 0.3) is 5.91 Å². The SMILES string of the molecule is Cc1[nH]c(/C=C2\C(=O)Nc3ccc(Br)cc32)c(C(F)(F)F)c1C(=O)C1CCC(O)(CN2CCCCC2)CC1. The number of carbonyl (C=O) groups excluding carboxylic acids is 2. The Balaban J connectivity index is 1.41. The van der Waals surface area contributed by atoms with E-state index in [0.717, 1.165) is 25.9 Å². The maximum Gasteiger partial charge on any atom is 0.419 e. The highest BCUT2D eigenvalue weighted by Gasteiger charge is 2.44. The zero-order valence-corrected chi connectivity index (χ0v) is 22.8. The van der Waals surface area contributed by atoms with Crippen LogP contribution in [0.3, 0.4) is 0 Å². The summed E-state index contributed by atoms with van der Waals surface area (Å²) < 4.78 is 43.9. The highest BCUT2D eigenvalue weighted by Crippen LogP contribution is 2.43. The lowest BCUT2D eigenvalue weighted by atomic mass is 9.75. The number of aromatic amines is 1. The Morgan fingerprint density at radius 2 is 1.89 bits per heavy atom. The number of anilines is 1. The van der Waals surface area contributed by atoms with Crippen molar-refractivity contribution in [2.75, 3.05) is 25.0 Å². The maximum absolute atomic E-state index is 14.4. The number of likely N-dealkylation sites (tertiary alicyclic amines) is 1. The third kappa shape index (κ3) is 5.35. The molecule has 3 aliphatic rings. The fraction of sp³-hybridized carbons (Fsp3) is 0.500. The Hall–Kier alpha value is -2.43. The first-order chi connectivity index (χ1) is 17.9. The first-order valence-electron chi connectivity index (χ1n) is 13.1. The molecular weight excluding hydrogens is 563 g/mol. The van der Waals surface area contributed by atoms with Crippen LogP contribution < -0.4 is 5.32 Å². The molecule has 2 aliphatic heterocycles. The number of aromatic nitrogens is 1. The predicted octanol–water partition coefficient (Wildman–Crippen LogP) is 6.19. The molecule has 38 heavy (non-hydrogen) atoms. The third-order valence-electron chi connectivity index (χ3n) is 8.05. The summed E-state index contributed by atoms with van der Waals surface area (Å²) >= 11 is 3.34. The van der Waals surface area contributed by atoms with E-state index in [-0.39, 0.29) is 22.5 Å². The standard InChI is InChI=1S/C28H31BrF3N3O3/c1-16-23(25(36)17-7-9-27(38,10-8-17)15-35-11-3-2-4-12-35)24(28(30,31)32)22(33-16)14-20-19-13-18(29)5-6-21(19)34-26(20)37/h5-6,13-14,17,33,38H,2-4,7-12,15H2,1H3,(H,34,37)/b20-14-. The van der Waals surface area contributed by atoms with Gasteiger partial charge in [0.1, 0.15) is 0 Å². The largest absolute Gasteiger partial charge is 0.419 e. The van der Waals surface area contributed by atoms with Gasteiger partial charge in [0.2, 0.25) is 0 Å². The Morgan fingerprint density at radius 1 is 1.21 bits per heavy atom. The van der Waals surface area contributed by atoms with Crippen molar-refractivity contribution in [2.24, 2.45) is 5.92 Å². The van der Waals surface area contributed by atoms with Crippen molar-refractivity contribution >= 4 is 45.0 Å². The van der Waals surface area contributed by atoms with Crippen LogP contribution in [0.25, 0.3) is 11.6 Å². The molecule has 1 aromatic carbocycles. The Kier molecular flexibility index (Phi) is 7.34. The summed E-state index contributed by atoms with van der Waals surface area (Å²) in [5.74, 6) is -1.67. The number of hydrogen-bond donors (Lipinski definition) is 3. The van der Waals surface area contributed by atoms with Gasteiger partial charge in [0.05, 0.1) is 28.0 Å². The average Bonchev–Trinajstić information content (AvgIpc) is 3.35. The van der Waals surface area contributed by atoms with Crippen molar-refractivity contribution in [1.29, 1.82) is 0 Å². The van der Waals surface area contributed by atoms with E-state index in [1.807, 2.05) is 0 Å². The number of H-pyrrole nitrogens is 1. The molecular formula is C28H31BrF3N3O3. The molecule has 3 heterocycles. The summed E-state index contributed by atoms with van der Waals surface area (Å²) in [5, 5.41) is 13.8. The summed E-state index contributed by atoms with van der Waals surface area (Å²) in [6.45, 7) is 3.89. The lowest BCUT2D eigenvalue weighted by Gasteiger charge is -2.40. The number of halogens is 4. The average molecular weight is 594 g/mol. The number of nitrogens with one attached hydrogen (secondary N) is 2. The molecule has 1 aliphatic carbocycles. The number of hydrogen-bond acceptors (Lipinski definition) is 4. The molecule has 0 bridgehead atoms. The monoisotopic (exact) mass is 593 g/mol. The zero-order chi connectivity index (χ0) is 27.2. The number of aliphatic hydroxyl groups is 1. The Labute approximate surface area is 227 Å². The quantitative estimate of drug-likeness (QED) is 0.285. The molecule has 0 atom stereocenters. The molecule has 0 unspecified atom stereocenters. The molecule has 3 N–H and O–H groups in total. The van der Waals surface area contributed by atoms with E-state index >= 15 is 0 Å². The van der Waals surface area contributed by atoms with E-state index < -0.39 is 34.9 Å². The number of Topliss-reactive ketones (excluding diaryl/α,β-unsaturated/α-hetero) is 1. The fourth-order valence-corrected chi connectivity index (χ4v) is 6.48. The molecule has 1 saturated heterocycles. The molecule has 10 heteroatoms. The van der Waals surface area contributed by atoms with Crippen LogP contribution in [0.1, 0.15) is 77.8 Å². The number of piperidine rings is 1. The number of ketones is 1. The van der Waals surface area contributed by atoms with Gasteiger partial charge < -0.3 is 20.3 Å². The summed E-state index contributed by atoms with van der Waals surface area (Å²) in [6.07, 6.45) is 1.22. The van der Waals surface area contributed by atoms with Crippen LogP contribution in [0, 0.1) is 12.8 Å². The van der Waals surface area contributed by atoms with Crippen LogP contribution in [0.2, 0.25) is 0 Å². The van der Waals surface area contributed by atoms with Gasteiger partial charge in [-0.15, -0.1) is 0 Å². The van der Waals surface area contributed by atoms with Gasteiger partial charge in [-0.05, 0) is 82.8 Å². The summed E-state index contributed by atoms with van der Waals surface area (Å²) in [6, 6.07) is 5.07. The molecule has 1 saturated carbocycles. The number of nitrogens with zero attached hydrogens (tertiary/aromatic N) is 1. The highest BCUT2D eigenvalue weighted by atomic mass is 79.9. The van der Waals surface area contributed by atoms with Crippen LogP contribution in [0.15, 0.2) is 22.7 Å². The van der Waals surface area contributed by atoms with E-state index in [4.69, 9.17) is 0 Å². The smallest absolute Gasteiger partial charge is 0.389 e.